The highest BCUT2D eigenvalue weighted by molar-refractivity contribution is 5.69. The molecule has 1 aromatic heterocycles. The average molecular weight is 232 g/mol. The number of aliphatic carboxylic acids is 1. The lowest BCUT2D eigenvalue weighted by Gasteiger charge is -2.06. The summed E-state index contributed by atoms with van der Waals surface area (Å²) in [6, 6.07) is 9.19. The highest BCUT2D eigenvalue weighted by Crippen LogP contribution is 2.23. The van der Waals surface area contributed by atoms with Crippen LogP contribution in [0.5, 0.6) is 5.75 Å². The lowest BCUT2D eigenvalue weighted by molar-refractivity contribution is -0.137. The maximum absolute atomic E-state index is 10.7. The molecular weight excluding hydrogens is 220 g/mol. The first-order chi connectivity index (χ1) is 8.20. The molecule has 0 saturated heterocycles. The van der Waals surface area contributed by atoms with Crippen LogP contribution in [0.4, 0.5) is 0 Å². The minimum atomic E-state index is -0.919. The van der Waals surface area contributed by atoms with Crippen molar-refractivity contribution < 1.29 is 14.6 Å². The van der Waals surface area contributed by atoms with Crippen LogP contribution in [-0.4, -0.2) is 28.0 Å². The normalized spacial score (nSPS) is 10.2. The zero-order valence-corrected chi connectivity index (χ0v) is 9.33. The van der Waals surface area contributed by atoms with Crippen molar-refractivity contribution in [2.24, 2.45) is 0 Å². The summed E-state index contributed by atoms with van der Waals surface area (Å²) in [6.07, 6.45) is 1.58. The molecule has 5 nitrogen and oxygen atoms in total. The van der Waals surface area contributed by atoms with Gasteiger partial charge in [-0.1, -0.05) is 12.1 Å². The van der Waals surface area contributed by atoms with Crippen LogP contribution in [0.3, 0.4) is 0 Å². The van der Waals surface area contributed by atoms with E-state index in [1.165, 1.54) is 4.68 Å². The van der Waals surface area contributed by atoms with E-state index >= 15 is 0 Å². The van der Waals surface area contributed by atoms with E-state index in [1.54, 1.807) is 19.4 Å². The number of benzene rings is 1. The molecule has 0 saturated carbocycles. The van der Waals surface area contributed by atoms with Gasteiger partial charge in [-0.25, -0.2) is 0 Å². The van der Waals surface area contributed by atoms with Crippen LogP contribution < -0.4 is 4.74 Å². The van der Waals surface area contributed by atoms with E-state index in [9.17, 15) is 4.79 Å². The minimum absolute atomic E-state index is 0.153. The fourth-order valence-corrected chi connectivity index (χ4v) is 1.61. The SMILES string of the molecule is COc1cccc(-c2ccnn2CC(=O)O)c1. The monoisotopic (exact) mass is 232 g/mol. The number of carbonyl (C=O) groups is 1. The number of nitrogens with zero attached hydrogens (tertiary/aromatic N) is 2. The first-order valence-electron chi connectivity index (χ1n) is 5.09. The summed E-state index contributed by atoms with van der Waals surface area (Å²) in [4.78, 5) is 10.7. The molecule has 17 heavy (non-hydrogen) atoms. The molecule has 0 radical (unpaired) electrons. The Balaban J connectivity index is 2.38. The smallest absolute Gasteiger partial charge is 0.325 e. The second kappa shape index (κ2) is 4.69. The Morgan fingerprint density at radius 2 is 2.29 bits per heavy atom. The second-order valence-corrected chi connectivity index (χ2v) is 3.50. The van der Waals surface area contributed by atoms with Gasteiger partial charge in [0, 0.05) is 11.8 Å². The maximum atomic E-state index is 10.7. The summed E-state index contributed by atoms with van der Waals surface area (Å²) >= 11 is 0. The van der Waals surface area contributed by atoms with Gasteiger partial charge < -0.3 is 9.84 Å². The molecule has 0 atom stereocenters. The minimum Gasteiger partial charge on any atom is -0.497 e. The number of carboxylic acids is 1. The van der Waals surface area contributed by atoms with Gasteiger partial charge in [0.05, 0.1) is 12.8 Å². The second-order valence-electron chi connectivity index (χ2n) is 3.50. The molecule has 0 aliphatic rings. The number of hydrogen-bond acceptors (Lipinski definition) is 3. The summed E-state index contributed by atoms with van der Waals surface area (Å²) in [5.74, 6) is -0.191. The molecule has 0 amide bonds. The molecule has 0 aliphatic carbocycles. The summed E-state index contributed by atoms with van der Waals surface area (Å²) in [5.41, 5.74) is 1.63. The Kier molecular flexibility index (Phi) is 3.09. The summed E-state index contributed by atoms with van der Waals surface area (Å²) in [5, 5.41) is 12.8. The van der Waals surface area contributed by atoms with E-state index in [-0.39, 0.29) is 6.54 Å². The molecule has 2 rings (SSSR count). The third kappa shape index (κ3) is 2.44. The Labute approximate surface area is 98.3 Å². The van der Waals surface area contributed by atoms with Crippen LogP contribution in [0.15, 0.2) is 36.5 Å². The topological polar surface area (TPSA) is 64.4 Å². The van der Waals surface area contributed by atoms with E-state index in [4.69, 9.17) is 9.84 Å². The lowest BCUT2D eigenvalue weighted by Crippen LogP contribution is -2.11. The van der Waals surface area contributed by atoms with Crippen molar-refractivity contribution in [3.63, 3.8) is 0 Å². The first-order valence-corrected chi connectivity index (χ1v) is 5.09. The van der Waals surface area contributed by atoms with Crippen LogP contribution >= 0.6 is 0 Å². The largest absolute Gasteiger partial charge is 0.497 e. The molecule has 0 aliphatic heterocycles. The lowest BCUT2D eigenvalue weighted by atomic mass is 10.1. The number of carboxylic acid groups (broad SMARTS) is 1. The molecule has 0 fully saturated rings. The molecule has 0 bridgehead atoms. The fraction of sp³-hybridized carbons (Fsp3) is 0.167. The van der Waals surface area contributed by atoms with Gasteiger partial charge >= 0.3 is 5.97 Å². The summed E-state index contributed by atoms with van der Waals surface area (Å²) < 4.78 is 6.57. The van der Waals surface area contributed by atoms with Crippen LogP contribution in [0, 0.1) is 0 Å². The standard InChI is InChI=1S/C12H12N2O3/c1-17-10-4-2-3-9(7-10)11-5-6-13-14(11)8-12(15)16/h2-7H,8H2,1H3,(H,15,16). The van der Waals surface area contributed by atoms with Crippen LogP contribution in [0.25, 0.3) is 11.3 Å². The summed E-state index contributed by atoms with van der Waals surface area (Å²) in [7, 11) is 1.59. The molecule has 2 aromatic rings. The van der Waals surface area contributed by atoms with Crippen molar-refractivity contribution in [1.82, 2.24) is 9.78 Å². The van der Waals surface area contributed by atoms with Gasteiger partial charge in [-0.3, -0.25) is 9.48 Å². The van der Waals surface area contributed by atoms with E-state index in [1.807, 2.05) is 24.3 Å². The van der Waals surface area contributed by atoms with Crippen LogP contribution in [0.2, 0.25) is 0 Å². The molecule has 1 N–H and O–H groups in total. The van der Waals surface area contributed by atoms with E-state index in [0.29, 0.717) is 0 Å². The maximum Gasteiger partial charge on any atom is 0.325 e. The van der Waals surface area contributed by atoms with E-state index in [0.717, 1.165) is 17.0 Å². The number of methoxy groups -OCH3 is 1. The Morgan fingerprint density at radius 1 is 1.47 bits per heavy atom. The number of rotatable bonds is 4. The Hall–Kier alpha value is -2.30. The number of aromatic nitrogens is 2. The highest BCUT2D eigenvalue weighted by Gasteiger charge is 2.08. The molecule has 1 heterocycles. The van der Waals surface area contributed by atoms with Crippen molar-refractivity contribution in [1.29, 1.82) is 0 Å². The van der Waals surface area contributed by atoms with Crippen molar-refractivity contribution in [3.05, 3.63) is 36.5 Å². The first kappa shape index (κ1) is 11.2. The van der Waals surface area contributed by atoms with E-state index in [2.05, 4.69) is 5.10 Å². The predicted molar refractivity (Wildman–Crippen MR) is 61.9 cm³/mol. The molecule has 1 aromatic carbocycles. The fourth-order valence-electron chi connectivity index (χ4n) is 1.61. The zero-order chi connectivity index (χ0) is 12.3. The summed E-state index contributed by atoms with van der Waals surface area (Å²) in [6.45, 7) is -0.153. The Morgan fingerprint density at radius 3 is 3.00 bits per heavy atom. The Bertz CT molecular complexity index is 534. The van der Waals surface area contributed by atoms with Gasteiger partial charge in [-0.2, -0.15) is 5.10 Å². The van der Waals surface area contributed by atoms with Crippen molar-refractivity contribution >= 4 is 5.97 Å². The molecule has 0 unspecified atom stereocenters. The molecule has 88 valence electrons. The molecule has 5 heteroatoms. The van der Waals surface area contributed by atoms with Gasteiger partial charge in [0.25, 0.3) is 0 Å². The number of ether oxygens (including phenoxy) is 1. The van der Waals surface area contributed by atoms with Crippen molar-refractivity contribution in [3.8, 4) is 17.0 Å². The van der Waals surface area contributed by atoms with Gasteiger partial charge in [0.1, 0.15) is 12.3 Å². The van der Waals surface area contributed by atoms with Gasteiger partial charge in [0.2, 0.25) is 0 Å². The molecule has 0 spiro atoms. The van der Waals surface area contributed by atoms with E-state index < -0.39 is 5.97 Å². The predicted octanol–water partition coefficient (Wildman–Crippen LogP) is 1.64. The zero-order valence-electron chi connectivity index (χ0n) is 9.33. The average Bonchev–Trinajstić information content (AvgIpc) is 2.76. The quantitative estimate of drug-likeness (QED) is 0.870. The van der Waals surface area contributed by atoms with Crippen molar-refractivity contribution in [2.75, 3.05) is 7.11 Å². The number of hydrogen-bond donors (Lipinski definition) is 1. The van der Waals surface area contributed by atoms with Gasteiger partial charge in [0.15, 0.2) is 0 Å². The van der Waals surface area contributed by atoms with Crippen molar-refractivity contribution in [2.45, 2.75) is 6.54 Å². The van der Waals surface area contributed by atoms with Crippen LogP contribution in [0.1, 0.15) is 0 Å². The van der Waals surface area contributed by atoms with Gasteiger partial charge in [-0.15, -0.1) is 0 Å². The third-order valence-electron chi connectivity index (χ3n) is 2.37. The van der Waals surface area contributed by atoms with Crippen LogP contribution in [-0.2, 0) is 11.3 Å². The highest BCUT2D eigenvalue weighted by atomic mass is 16.5. The molecular formula is C12H12N2O3. The third-order valence-corrected chi connectivity index (χ3v) is 2.37. The van der Waals surface area contributed by atoms with Gasteiger partial charge in [-0.05, 0) is 18.2 Å².